The largest absolute Gasteiger partial charge is 0.508 e. The summed E-state index contributed by atoms with van der Waals surface area (Å²) in [4.78, 5) is 0. The highest BCUT2D eigenvalue weighted by molar-refractivity contribution is 6.15. The lowest BCUT2D eigenvalue weighted by Crippen LogP contribution is -2.01. The molecule has 146 valence electrons. The van der Waals surface area contributed by atoms with E-state index in [9.17, 15) is 10.2 Å². The third-order valence-electron chi connectivity index (χ3n) is 5.26. The number of aromatic hydroxyl groups is 2. The first kappa shape index (κ1) is 18.0. The van der Waals surface area contributed by atoms with Crippen LogP contribution in [0.15, 0.2) is 90.5 Å². The molecule has 3 aromatic carbocycles. The quantitative estimate of drug-likeness (QED) is 0.578. The van der Waals surface area contributed by atoms with Crippen molar-refractivity contribution in [3.05, 3.63) is 107 Å². The lowest BCUT2D eigenvalue weighted by atomic mass is 9.96. The van der Waals surface area contributed by atoms with Crippen molar-refractivity contribution < 1.29 is 19.5 Å². The molecule has 0 saturated carbocycles. The number of rotatable bonds is 2. The van der Waals surface area contributed by atoms with Crippen molar-refractivity contribution in [1.29, 1.82) is 0 Å². The predicted octanol–water partition coefficient (Wildman–Crippen LogP) is 5.32. The molecule has 4 nitrogen and oxygen atoms in total. The number of phenolic OH excluding ortho intramolecular Hbond substituents is 2. The van der Waals surface area contributed by atoms with Gasteiger partial charge in [-0.25, -0.2) is 4.58 Å². The fourth-order valence-electron chi connectivity index (χ4n) is 3.83. The number of ether oxygens (including phenoxy) is 1. The van der Waals surface area contributed by atoms with Crippen LogP contribution in [0.5, 0.6) is 11.5 Å². The van der Waals surface area contributed by atoms with Crippen molar-refractivity contribution in [2.75, 3.05) is 7.05 Å². The van der Waals surface area contributed by atoms with Gasteiger partial charge in [-0.1, -0.05) is 36.4 Å². The Kier molecular flexibility index (Phi) is 4.25. The molecule has 0 atom stereocenters. The molecule has 30 heavy (non-hydrogen) atoms. The van der Waals surface area contributed by atoms with Crippen LogP contribution in [0.25, 0.3) is 17.1 Å². The van der Waals surface area contributed by atoms with E-state index < -0.39 is 0 Å². The van der Waals surface area contributed by atoms with Crippen molar-refractivity contribution >= 4 is 29.0 Å². The van der Waals surface area contributed by atoms with E-state index in [4.69, 9.17) is 4.74 Å². The number of allylic oxidation sites excluding steroid dienone is 4. The molecule has 0 radical (unpaired) electrons. The molecule has 2 aliphatic rings. The topological polar surface area (TPSA) is 52.7 Å². The molecule has 0 aromatic heterocycles. The van der Waals surface area contributed by atoms with Gasteiger partial charge in [0.1, 0.15) is 30.1 Å². The molecular formula is C26H20NO3+. The monoisotopic (exact) mass is 394 g/mol. The van der Waals surface area contributed by atoms with Gasteiger partial charge in [0.05, 0.1) is 11.1 Å². The second-order valence-corrected chi connectivity index (χ2v) is 7.35. The highest BCUT2D eigenvalue weighted by atomic mass is 16.5. The number of nitrogens with zero attached hydrogens (tertiary/aromatic N) is 1. The first-order valence-corrected chi connectivity index (χ1v) is 9.70. The number of para-hydroxylation sites is 1. The zero-order valence-electron chi connectivity index (χ0n) is 16.4. The van der Waals surface area contributed by atoms with Crippen molar-refractivity contribution in [2.24, 2.45) is 0 Å². The van der Waals surface area contributed by atoms with Crippen LogP contribution in [-0.4, -0.2) is 28.1 Å². The molecule has 0 amide bonds. The maximum atomic E-state index is 9.95. The SMILES string of the molecule is C[N+]1=CC(=C2C=C(c3cccc(O)c3)OC(c3cccc(O)c3)=C2)c2ccccc21. The first-order valence-electron chi connectivity index (χ1n) is 9.70. The highest BCUT2D eigenvalue weighted by Crippen LogP contribution is 2.39. The number of benzene rings is 3. The fourth-order valence-corrected chi connectivity index (χ4v) is 3.83. The lowest BCUT2D eigenvalue weighted by molar-refractivity contribution is -0.395. The predicted molar refractivity (Wildman–Crippen MR) is 119 cm³/mol. The average molecular weight is 394 g/mol. The van der Waals surface area contributed by atoms with E-state index in [0.717, 1.165) is 33.5 Å². The Bertz CT molecular complexity index is 1230. The van der Waals surface area contributed by atoms with Gasteiger partial charge in [-0.2, -0.15) is 0 Å². The standard InChI is InChI=1S/C26H19NO3/c1-27-16-23(22-10-2-3-11-24(22)27)19-14-25(17-6-4-8-20(28)12-17)30-26(15-19)18-7-5-9-21(29)13-18/h2-16H,1H3,(H-,28,29)/p+1. The van der Waals surface area contributed by atoms with Crippen molar-refractivity contribution in [3.63, 3.8) is 0 Å². The minimum absolute atomic E-state index is 0.178. The van der Waals surface area contributed by atoms with E-state index in [1.165, 1.54) is 0 Å². The molecule has 4 heteroatoms. The van der Waals surface area contributed by atoms with Gasteiger partial charge < -0.3 is 14.9 Å². The summed E-state index contributed by atoms with van der Waals surface area (Å²) in [7, 11) is 2.03. The van der Waals surface area contributed by atoms with Crippen LogP contribution in [-0.2, 0) is 4.74 Å². The Hall–Kier alpha value is -4.05. The molecule has 0 bridgehead atoms. The van der Waals surface area contributed by atoms with Gasteiger partial charge in [0, 0.05) is 17.2 Å². The van der Waals surface area contributed by atoms with E-state index in [2.05, 4.69) is 22.9 Å². The van der Waals surface area contributed by atoms with Gasteiger partial charge in [0.25, 0.3) is 0 Å². The van der Waals surface area contributed by atoms with Crippen LogP contribution in [0.3, 0.4) is 0 Å². The van der Waals surface area contributed by atoms with Gasteiger partial charge in [0.15, 0.2) is 6.21 Å². The molecule has 0 aliphatic carbocycles. The summed E-state index contributed by atoms with van der Waals surface area (Å²) in [6.45, 7) is 0. The van der Waals surface area contributed by atoms with E-state index >= 15 is 0 Å². The molecule has 2 heterocycles. The first-order chi connectivity index (χ1) is 14.6. The van der Waals surface area contributed by atoms with Crippen LogP contribution in [0.4, 0.5) is 5.69 Å². The maximum Gasteiger partial charge on any atom is 0.213 e. The maximum absolute atomic E-state index is 9.95. The zero-order chi connectivity index (χ0) is 20.7. The summed E-state index contributed by atoms with van der Waals surface area (Å²) in [6.07, 6.45) is 6.09. The van der Waals surface area contributed by atoms with Gasteiger partial charge >= 0.3 is 0 Å². The molecule has 0 unspecified atom stereocenters. The smallest absolute Gasteiger partial charge is 0.213 e. The van der Waals surface area contributed by atoms with Crippen LogP contribution < -0.4 is 0 Å². The van der Waals surface area contributed by atoms with Crippen molar-refractivity contribution in [2.45, 2.75) is 0 Å². The second kappa shape index (κ2) is 7.08. The lowest BCUT2D eigenvalue weighted by Gasteiger charge is -2.20. The third-order valence-corrected chi connectivity index (χ3v) is 5.26. The molecule has 0 saturated heterocycles. The Morgan fingerprint density at radius 3 is 1.93 bits per heavy atom. The normalized spacial score (nSPS) is 15.2. The van der Waals surface area contributed by atoms with E-state index in [1.807, 2.05) is 43.5 Å². The summed E-state index contributed by atoms with van der Waals surface area (Å²) in [5.74, 6) is 1.62. The van der Waals surface area contributed by atoms with Crippen LogP contribution in [0.1, 0.15) is 16.7 Å². The molecule has 0 fully saturated rings. The van der Waals surface area contributed by atoms with Gasteiger partial charge in [-0.15, -0.1) is 0 Å². The van der Waals surface area contributed by atoms with Crippen LogP contribution >= 0.6 is 0 Å². The van der Waals surface area contributed by atoms with Gasteiger partial charge in [0.2, 0.25) is 5.69 Å². The minimum Gasteiger partial charge on any atom is -0.508 e. The van der Waals surface area contributed by atoms with E-state index in [-0.39, 0.29) is 11.5 Å². The van der Waals surface area contributed by atoms with E-state index in [1.54, 1.807) is 36.4 Å². The molecule has 3 aromatic rings. The highest BCUT2D eigenvalue weighted by Gasteiger charge is 2.26. The van der Waals surface area contributed by atoms with Gasteiger partial charge in [-0.05, 0) is 48.1 Å². The Morgan fingerprint density at radius 2 is 1.33 bits per heavy atom. The summed E-state index contributed by atoms with van der Waals surface area (Å²) in [5.41, 5.74) is 5.93. The zero-order valence-corrected chi connectivity index (χ0v) is 16.4. The minimum atomic E-state index is 0.178. The fraction of sp³-hybridized carbons (Fsp3) is 0.0385. The van der Waals surface area contributed by atoms with Gasteiger partial charge in [-0.3, -0.25) is 0 Å². The molecule has 5 rings (SSSR count). The number of phenols is 2. The Labute approximate surface area is 174 Å². The van der Waals surface area contributed by atoms with Crippen molar-refractivity contribution in [1.82, 2.24) is 0 Å². The molecule has 2 aliphatic heterocycles. The summed E-state index contributed by atoms with van der Waals surface area (Å²) in [6, 6.07) is 22.3. The molecule has 2 N–H and O–H groups in total. The molecule has 0 spiro atoms. The summed E-state index contributed by atoms with van der Waals surface area (Å²) in [5, 5.41) is 19.9. The average Bonchev–Trinajstić information content (AvgIpc) is 3.10. The van der Waals surface area contributed by atoms with E-state index in [0.29, 0.717) is 11.5 Å². The summed E-state index contributed by atoms with van der Waals surface area (Å²) < 4.78 is 8.32. The summed E-state index contributed by atoms with van der Waals surface area (Å²) >= 11 is 0. The second-order valence-electron chi connectivity index (χ2n) is 7.35. The Morgan fingerprint density at radius 1 is 0.733 bits per heavy atom. The van der Waals surface area contributed by atoms with Crippen molar-refractivity contribution in [3.8, 4) is 11.5 Å². The molecular weight excluding hydrogens is 374 g/mol. The third kappa shape index (κ3) is 3.18. The number of hydrogen-bond acceptors (Lipinski definition) is 3. The number of hydrogen-bond donors (Lipinski definition) is 2. The van der Waals surface area contributed by atoms with Crippen LogP contribution in [0.2, 0.25) is 0 Å². The number of fused-ring (bicyclic) bond motifs is 1. The Balaban J connectivity index is 1.72. The van der Waals surface area contributed by atoms with Crippen LogP contribution in [0, 0.1) is 0 Å².